The summed E-state index contributed by atoms with van der Waals surface area (Å²) in [6, 6.07) is 14.5. The van der Waals surface area contributed by atoms with E-state index in [-0.39, 0.29) is 5.78 Å². The third kappa shape index (κ3) is 3.95. The van der Waals surface area contributed by atoms with Crippen molar-refractivity contribution in [2.75, 3.05) is 13.4 Å². The number of ketones is 1. The molecule has 0 amide bonds. The van der Waals surface area contributed by atoms with Gasteiger partial charge in [-0.15, -0.1) is 11.8 Å². The van der Waals surface area contributed by atoms with Crippen LogP contribution in [-0.4, -0.2) is 25.1 Å². The van der Waals surface area contributed by atoms with Crippen molar-refractivity contribution in [3.05, 3.63) is 65.2 Å². The minimum Gasteiger partial charge on any atom is -0.465 e. The summed E-state index contributed by atoms with van der Waals surface area (Å²) in [5.74, 6) is -0.370. The number of benzene rings is 2. The van der Waals surface area contributed by atoms with Crippen molar-refractivity contribution in [2.24, 2.45) is 0 Å². The van der Waals surface area contributed by atoms with E-state index in [1.165, 1.54) is 12.0 Å². The fraction of sp³-hybridized carbons (Fsp3) is 0.176. The van der Waals surface area contributed by atoms with Crippen LogP contribution >= 0.6 is 11.8 Å². The van der Waals surface area contributed by atoms with Crippen LogP contribution in [0.5, 0.6) is 0 Å². The molecule has 0 aromatic heterocycles. The maximum absolute atomic E-state index is 12.2. The van der Waals surface area contributed by atoms with Crippen LogP contribution in [0, 0.1) is 0 Å². The number of carbonyl (C=O) groups is 2. The van der Waals surface area contributed by atoms with Crippen molar-refractivity contribution in [3.8, 4) is 0 Å². The predicted molar refractivity (Wildman–Crippen MR) is 84.0 cm³/mol. The molecular formula is C17H16O3S. The van der Waals surface area contributed by atoms with Crippen LogP contribution in [0.25, 0.3) is 0 Å². The Morgan fingerprint density at radius 3 is 2.05 bits per heavy atom. The van der Waals surface area contributed by atoms with Gasteiger partial charge < -0.3 is 4.74 Å². The van der Waals surface area contributed by atoms with Crippen LogP contribution in [0.3, 0.4) is 0 Å². The Hall–Kier alpha value is -2.07. The number of esters is 1. The minimum absolute atomic E-state index is 0.0308. The topological polar surface area (TPSA) is 43.4 Å². The van der Waals surface area contributed by atoms with Crippen LogP contribution in [0.4, 0.5) is 0 Å². The van der Waals surface area contributed by atoms with Gasteiger partial charge in [0.15, 0.2) is 5.78 Å². The highest BCUT2D eigenvalue weighted by Crippen LogP contribution is 2.16. The zero-order valence-electron chi connectivity index (χ0n) is 12.0. The molecule has 0 spiro atoms. The van der Waals surface area contributed by atoms with E-state index in [1.807, 2.05) is 30.5 Å². The molecule has 0 radical (unpaired) electrons. The second-order valence-electron chi connectivity index (χ2n) is 4.52. The van der Waals surface area contributed by atoms with Crippen molar-refractivity contribution in [3.63, 3.8) is 0 Å². The molecule has 0 aliphatic carbocycles. The number of carbonyl (C=O) groups excluding carboxylic acids is 2. The molecule has 0 aliphatic heterocycles. The normalized spacial score (nSPS) is 10.2. The van der Waals surface area contributed by atoms with E-state index in [1.54, 1.807) is 36.0 Å². The van der Waals surface area contributed by atoms with Gasteiger partial charge in [-0.05, 0) is 36.1 Å². The van der Waals surface area contributed by atoms with E-state index < -0.39 is 5.97 Å². The highest BCUT2D eigenvalue weighted by molar-refractivity contribution is 7.98. The summed E-state index contributed by atoms with van der Waals surface area (Å²) in [5.41, 5.74) is 2.02. The SMILES string of the molecule is COC(=O)c1ccc(C(=O)Cc2ccc(SC)cc2)cc1. The van der Waals surface area contributed by atoms with Crippen molar-refractivity contribution in [1.29, 1.82) is 0 Å². The first-order valence-electron chi connectivity index (χ1n) is 6.48. The minimum atomic E-state index is -0.401. The highest BCUT2D eigenvalue weighted by atomic mass is 32.2. The van der Waals surface area contributed by atoms with Gasteiger partial charge in [-0.25, -0.2) is 4.79 Å². The summed E-state index contributed by atoms with van der Waals surface area (Å²) in [5, 5.41) is 0. The molecule has 3 nitrogen and oxygen atoms in total. The molecule has 21 heavy (non-hydrogen) atoms. The highest BCUT2D eigenvalue weighted by Gasteiger charge is 2.09. The fourth-order valence-corrected chi connectivity index (χ4v) is 2.35. The van der Waals surface area contributed by atoms with E-state index >= 15 is 0 Å². The van der Waals surface area contributed by atoms with Crippen LogP contribution in [0.15, 0.2) is 53.4 Å². The molecule has 0 heterocycles. The zero-order valence-corrected chi connectivity index (χ0v) is 12.8. The number of methoxy groups -OCH3 is 1. The van der Waals surface area contributed by atoms with Gasteiger partial charge in [0.05, 0.1) is 12.7 Å². The van der Waals surface area contributed by atoms with Crippen LogP contribution in [-0.2, 0) is 11.2 Å². The number of hydrogen-bond acceptors (Lipinski definition) is 4. The molecule has 0 N–H and O–H groups in total. The average Bonchev–Trinajstić information content (AvgIpc) is 2.55. The molecule has 0 bridgehead atoms. The third-order valence-electron chi connectivity index (χ3n) is 3.15. The van der Waals surface area contributed by atoms with Gasteiger partial charge in [0, 0.05) is 16.9 Å². The van der Waals surface area contributed by atoms with E-state index in [9.17, 15) is 9.59 Å². The molecule has 108 valence electrons. The fourth-order valence-electron chi connectivity index (χ4n) is 1.94. The quantitative estimate of drug-likeness (QED) is 0.480. The van der Waals surface area contributed by atoms with Gasteiger partial charge in [0.1, 0.15) is 0 Å². The van der Waals surface area contributed by atoms with E-state index in [0.29, 0.717) is 17.5 Å². The Morgan fingerprint density at radius 2 is 1.52 bits per heavy atom. The predicted octanol–water partition coefficient (Wildman–Crippen LogP) is 3.62. The number of thioether (sulfide) groups is 1. The summed E-state index contributed by atoms with van der Waals surface area (Å²) >= 11 is 1.67. The summed E-state index contributed by atoms with van der Waals surface area (Å²) in [6.45, 7) is 0. The Balaban J connectivity index is 2.07. The molecule has 2 aromatic carbocycles. The number of hydrogen-bond donors (Lipinski definition) is 0. The molecule has 0 unspecified atom stereocenters. The average molecular weight is 300 g/mol. The molecule has 0 atom stereocenters. The van der Waals surface area contributed by atoms with E-state index in [2.05, 4.69) is 4.74 Å². The van der Waals surface area contributed by atoms with Crippen molar-refractivity contribution >= 4 is 23.5 Å². The number of ether oxygens (including phenoxy) is 1. The third-order valence-corrected chi connectivity index (χ3v) is 3.90. The molecule has 0 aliphatic rings. The second kappa shape index (κ2) is 7.09. The summed E-state index contributed by atoms with van der Waals surface area (Å²) in [6.07, 6.45) is 2.37. The van der Waals surface area contributed by atoms with Gasteiger partial charge in [-0.2, -0.15) is 0 Å². The number of Topliss-reactive ketones (excluding diaryl/α,β-unsaturated/α-hetero) is 1. The Morgan fingerprint density at radius 1 is 0.952 bits per heavy atom. The first-order valence-corrected chi connectivity index (χ1v) is 7.71. The summed E-state index contributed by atoms with van der Waals surface area (Å²) in [7, 11) is 1.33. The van der Waals surface area contributed by atoms with Gasteiger partial charge in [-0.1, -0.05) is 24.3 Å². The van der Waals surface area contributed by atoms with Gasteiger partial charge >= 0.3 is 5.97 Å². The zero-order chi connectivity index (χ0) is 15.2. The molecule has 0 saturated carbocycles. The van der Waals surface area contributed by atoms with Gasteiger partial charge in [-0.3, -0.25) is 4.79 Å². The van der Waals surface area contributed by atoms with Crippen LogP contribution < -0.4 is 0 Å². The molecule has 2 rings (SSSR count). The summed E-state index contributed by atoms with van der Waals surface area (Å²) in [4.78, 5) is 24.7. The lowest BCUT2D eigenvalue weighted by Crippen LogP contribution is -2.05. The molecular weight excluding hydrogens is 284 g/mol. The Kier molecular flexibility index (Phi) is 5.17. The Labute approximate surface area is 128 Å². The smallest absolute Gasteiger partial charge is 0.337 e. The van der Waals surface area contributed by atoms with Crippen molar-refractivity contribution in [1.82, 2.24) is 0 Å². The van der Waals surface area contributed by atoms with Crippen molar-refractivity contribution < 1.29 is 14.3 Å². The maximum atomic E-state index is 12.2. The maximum Gasteiger partial charge on any atom is 0.337 e. The van der Waals surface area contributed by atoms with E-state index in [0.717, 1.165) is 5.56 Å². The van der Waals surface area contributed by atoms with Crippen LogP contribution in [0.2, 0.25) is 0 Å². The molecule has 0 saturated heterocycles. The lowest BCUT2D eigenvalue weighted by atomic mass is 10.0. The first kappa shape index (κ1) is 15.3. The van der Waals surface area contributed by atoms with Crippen LogP contribution in [0.1, 0.15) is 26.3 Å². The standard InChI is InChI=1S/C17H16O3S/c1-20-17(19)14-7-5-13(6-8-14)16(18)11-12-3-9-15(21-2)10-4-12/h3-10H,11H2,1-2H3. The van der Waals surface area contributed by atoms with Gasteiger partial charge in [0.2, 0.25) is 0 Å². The summed E-state index contributed by atoms with van der Waals surface area (Å²) < 4.78 is 4.63. The first-order chi connectivity index (χ1) is 10.1. The monoisotopic (exact) mass is 300 g/mol. The molecule has 2 aromatic rings. The molecule has 0 fully saturated rings. The number of rotatable bonds is 5. The van der Waals surface area contributed by atoms with E-state index in [4.69, 9.17) is 0 Å². The lowest BCUT2D eigenvalue weighted by molar-refractivity contribution is 0.0600. The van der Waals surface area contributed by atoms with Gasteiger partial charge in [0.25, 0.3) is 0 Å². The second-order valence-corrected chi connectivity index (χ2v) is 5.40. The Bertz CT molecular complexity index is 630. The molecule has 4 heteroatoms. The largest absolute Gasteiger partial charge is 0.465 e. The lowest BCUT2D eigenvalue weighted by Gasteiger charge is -2.04. The van der Waals surface area contributed by atoms with Crippen molar-refractivity contribution in [2.45, 2.75) is 11.3 Å².